The fraction of sp³-hybridized carbons (Fsp3) is 0.0870. The number of thioether (sulfide) groups is 1. The Morgan fingerprint density at radius 2 is 1.76 bits per heavy atom. The highest BCUT2D eigenvalue weighted by Crippen LogP contribution is 2.33. The molecule has 6 nitrogen and oxygen atoms in total. The third-order valence-electron chi connectivity index (χ3n) is 4.54. The maximum Gasteiger partial charge on any atom is 0.234 e. The summed E-state index contributed by atoms with van der Waals surface area (Å²) in [4.78, 5) is 12.4. The van der Waals surface area contributed by atoms with Crippen molar-refractivity contribution in [2.75, 3.05) is 18.2 Å². The Labute approximate surface area is 197 Å². The molecule has 4 aromatic rings. The van der Waals surface area contributed by atoms with Crippen LogP contribution < -0.4 is 10.1 Å². The van der Waals surface area contributed by atoms with Crippen molar-refractivity contribution in [2.45, 2.75) is 5.16 Å². The van der Waals surface area contributed by atoms with Gasteiger partial charge in [0.15, 0.2) is 11.0 Å². The first kappa shape index (κ1) is 22.8. The second-order valence-corrected chi connectivity index (χ2v) is 8.19. The molecule has 0 aliphatic heterocycles. The Balaban J connectivity index is 1.63. The summed E-state index contributed by atoms with van der Waals surface area (Å²) < 4.78 is 34.0. The van der Waals surface area contributed by atoms with E-state index in [9.17, 15) is 13.6 Å². The molecule has 0 radical (unpaired) electrons. The topological polar surface area (TPSA) is 69.0 Å². The monoisotopic (exact) mass is 486 g/mol. The summed E-state index contributed by atoms with van der Waals surface area (Å²) in [5, 5.41) is 12.1. The number of carbonyl (C=O) groups excluding carboxylic acids is 1. The molecule has 0 aliphatic rings. The molecule has 10 heteroatoms. The number of hydrogen-bond acceptors (Lipinski definition) is 5. The Hall–Kier alpha value is -3.43. The van der Waals surface area contributed by atoms with Gasteiger partial charge in [-0.25, -0.2) is 8.78 Å². The van der Waals surface area contributed by atoms with E-state index in [0.717, 1.165) is 35.6 Å². The van der Waals surface area contributed by atoms with Crippen molar-refractivity contribution in [3.05, 3.63) is 83.4 Å². The zero-order chi connectivity index (χ0) is 23.4. The molecule has 0 unspecified atom stereocenters. The number of aromatic nitrogens is 3. The van der Waals surface area contributed by atoms with Crippen LogP contribution in [-0.4, -0.2) is 33.5 Å². The Bertz CT molecular complexity index is 1280. The molecule has 0 aliphatic carbocycles. The summed E-state index contributed by atoms with van der Waals surface area (Å²) in [5.41, 5.74) is 1.49. The van der Waals surface area contributed by atoms with Crippen LogP contribution in [0.25, 0.3) is 17.1 Å². The van der Waals surface area contributed by atoms with Gasteiger partial charge in [0.1, 0.15) is 17.4 Å². The SMILES string of the molecule is COc1ccccc1-c1nnc(SCC(=O)Nc2cc(F)cc(F)c2)n1-c1ccc(Cl)cc1. The van der Waals surface area contributed by atoms with Gasteiger partial charge >= 0.3 is 0 Å². The van der Waals surface area contributed by atoms with Gasteiger partial charge in [0, 0.05) is 22.5 Å². The van der Waals surface area contributed by atoms with Crippen LogP contribution in [-0.2, 0) is 4.79 Å². The van der Waals surface area contributed by atoms with Crippen molar-refractivity contribution in [3.8, 4) is 22.8 Å². The first-order chi connectivity index (χ1) is 15.9. The number of hydrogen-bond donors (Lipinski definition) is 1. The number of carbonyl (C=O) groups is 1. The number of amides is 1. The summed E-state index contributed by atoms with van der Waals surface area (Å²) in [6.45, 7) is 0. The standard InChI is InChI=1S/C23H17ClF2N4O2S/c1-32-20-5-3-2-4-19(20)22-28-29-23(30(22)18-8-6-14(24)7-9-18)33-13-21(31)27-17-11-15(25)10-16(26)12-17/h2-12H,13H2,1H3,(H,27,31). The van der Waals surface area contributed by atoms with Crippen LogP contribution in [0.5, 0.6) is 5.75 Å². The maximum absolute atomic E-state index is 13.4. The highest BCUT2D eigenvalue weighted by atomic mass is 35.5. The van der Waals surface area contributed by atoms with Gasteiger partial charge in [0.2, 0.25) is 5.91 Å². The number of methoxy groups -OCH3 is 1. The van der Waals surface area contributed by atoms with E-state index in [1.165, 1.54) is 0 Å². The lowest BCUT2D eigenvalue weighted by molar-refractivity contribution is -0.113. The van der Waals surface area contributed by atoms with Crippen LogP contribution in [0.3, 0.4) is 0 Å². The van der Waals surface area contributed by atoms with Gasteiger partial charge in [0.25, 0.3) is 0 Å². The second kappa shape index (κ2) is 10.0. The van der Waals surface area contributed by atoms with E-state index in [1.54, 1.807) is 23.8 Å². The summed E-state index contributed by atoms with van der Waals surface area (Å²) in [7, 11) is 1.57. The number of nitrogens with one attached hydrogen (secondary N) is 1. The third-order valence-corrected chi connectivity index (χ3v) is 5.73. The minimum Gasteiger partial charge on any atom is -0.496 e. The van der Waals surface area contributed by atoms with Crippen LogP contribution in [0.4, 0.5) is 14.5 Å². The molecule has 0 bridgehead atoms. The number of anilines is 1. The second-order valence-electron chi connectivity index (χ2n) is 6.81. The molecule has 0 saturated heterocycles. The zero-order valence-corrected chi connectivity index (χ0v) is 18.8. The summed E-state index contributed by atoms with van der Waals surface area (Å²) >= 11 is 7.17. The number of benzene rings is 3. The van der Waals surface area contributed by atoms with E-state index >= 15 is 0 Å². The Morgan fingerprint density at radius 1 is 1.06 bits per heavy atom. The fourth-order valence-corrected chi connectivity index (χ4v) is 4.02. The highest BCUT2D eigenvalue weighted by molar-refractivity contribution is 7.99. The van der Waals surface area contributed by atoms with Gasteiger partial charge < -0.3 is 10.1 Å². The van der Waals surface area contributed by atoms with Gasteiger partial charge in [-0.2, -0.15) is 0 Å². The van der Waals surface area contributed by atoms with Crippen molar-refractivity contribution in [1.82, 2.24) is 14.8 Å². The van der Waals surface area contributed by atoms with Crippen molar-refractivity contribution < 1.29 is 18.3 Å². The average molecular weight is 487 g/mol. The molecule has 3 aromatic carbocycles. The molecule has 1 aromatic heterocycles. The van der Waals surface area contributed by atoms with Crippen LogP contribution in [0.1, 0.15) is 0 Å². The van der Waals surface area contributed by atoms with Crippen LogP contribution in [0, 0.1) is 11.6 Å². The number of para-hydroxylation sites is 1. The predicted molar refractivity (Wildman–Crippen MR) is 124 cm³/mol. The van der Waals surface area contributed by atoms with Crippen LogP contribution in [0.2, 0.25) is 5.02 Å². The number of rotatable bonds is 7. The molecule has 0 spiro atoms. The van der Waals surface area contributed by atoms with E-state index in [-0.39, 0.29) is 11.4 Å². The van der Waals surface area contributed by atoms with E-state index in [1.807, 2.05) is 36.4 Å². The van der Waals surface area contributed by atoms with Gasteiger partial charge in [0.05, 0.1) is 18.4 Å². The van der Waals surface area contributed by atoms with Crippen molar-refractivity contribution in [2.24, 2.45) is 0 Å². The lowest BCUT2D eigenvalue weighted by atomic mass is 10.2. The van der Waals surface area contributed by atoms with Crippen LogP contribution >= 0.6 is 23.4 Å². The molecule has 0 atom stereocenters. The highest BCUT2D eigenvalue weighted by Gasteiger charge is 2.20. The minimum atomic E-state index is -0.776. The third kappa shape index (κ3) is 5.32. The molecule has 1 N–H and O–H groups in total. The van der Waals surface area contributed by atoms with E-state index in [2.05, 4.69) is 15.5 Å². The molecule has 1 amide bonds. The normalized spacial score (nSPS) is 10.8. The maximum atomic E-state index is 13.4. The van der Waals surface area contributed by atoms with E-state index in [4.69, 9.17) is 16.3 Å². The van der Waals surface area contributed by atoms with E-state index < -0.39 is 17.5 Å². The van der Waals surface area contributed by atoms with Crippen molar-refractivity contribution in [1.29, 1.82) is 0 Å². The van der Waals surface area contributed by atoms with Crippen molar-refractivity contribution >= 4 is 35.0 Å². The Kier molecular flexibility index (Phi) is 6.90. The van der Waals surface area contributed by atoms with Gasteiger partial charge in [-0.15, -0.1) is 10.2 Å². The molecular weight excluding hydrogens is 470 g/mol. The largest absolute Gasteiger partial charge is 0.496 e. The first-order valence-corrected chi connectivity index (χ1v) is 11.0. The molecular formula is C23H17ClF2N4O2S. The quantitative estimate of drug-likeness (QED) is 0.344. The van der Waals surface area contributed by atoms with Gasteiger partial charge in [-0.1, -0.05) is 35.5 Å². The molecule has 1 heterocycles. The summed E-state index contributed by atoms with van der Waals surface area (Å²) in [6.07, 6.45) is 0. The lowest BCUT2D eigenvalue weighted by Gasteiger charge is -2.12. The van der Waals surface area contributed by atoms with E-state index in [0.29, 0.717) is 27.3 Å². The predicted octanol–water partition coefficient (Wildman–Crippen LogP) is 5.61. The Morgan fingerprint density at radius 3 is 2.45 bits per heavy atom. The number of nitrogens with zero attached hydrogens (tertiary/aromatic N) is 3. The van der Waals surface area contributed by atoms with Crippen LogP contribution in [0.15, 0.2) is 71.9 Å². The molecule has 0 fully saturated rings. The summed E-state index contributed by atoms with van der Waals surface area (Å²) in [5.74, 6) is -0.929. The van der Waals surface area contributed by atoms with Gasteiger partial charge in [-0.05, 0) is 48.5 Å². The summed E-state index contributed by atoms with van der Waals surface area (Å²) in [6, 6.07) is 17.3. The molecule has 4 rings (SSSR count). The first-order valence-electron chi connectivity index (χ1n) is 9.68. The minimum absolute atomic E-state index is 0.0342. The molecule has 0 saturated carbocycles. The zero-order valence-electron chi connectivity index (χ0n) is 17.3. The number of halogens is 3. The molecule has 168 valence electrons. The van der Waals surface area contributed by atoms with Crippen molar-refractivity contribution in [3.63, 3.8) is 0 Å². The average Bonchev–Trinajstić information content (AvgIpc) is 3.21. The fourth-order valence-electron chi connectivity index (χ4n) is 3.14. The molecule has 33 heavy (non-hydrogen) atoms. The number of ether oxygens (including phenoxy) is 1. The lowest BCUT2D eigenvalue weighted by Crippen LogP contribution is -2.15. The smallest absolute Gasteiger partial charge is 0.234 e. The van der Waals surface area contributed by atoms with Gasteiger partial charge in [-0.3, -0.25) is 9.36 Å².